The lowest BCUT2D eigenvalue weighted by atomic mass is 10.2. The fourth-order valence-corrected chi connectivity index (χ4v) is 2.19. The molecule has 0 bridgehead atoms. The summed E-state index contributed by atoms with van der Waals surface area (Å²) in [4.78, 5) is 14.0. The summed E-state index contributed by atoms with van der Waals surface area (Å²) in [6.45, 7) is 4.76. The summed E-state index contributed by atoms with van der Waals surface area (Å²) in [5.74, 6) is -0.0445. The topological polar surface area (TPSA) is 49.0 Å². The van der Waals surface area contributed by atoms with Gasteiger partial charge in [0.25, 0.3) is 5.91 Å². The molecule has 1 heterocycles. The van der Waals surface area contributed by atoms with Crippen LogP contribution in [0.5, 0.6) is 0 Å². The SMILES string of the molecule is CCCn1cc(Br)cc1C(=O)N(C)C(C)CC#N. The third-order valence-electron chi connectivity index (χ3n) is 2.92. The summed E-state index contributed by atoms with van der Waals surface area (Å²) >= 11 is 3.39. The number of hydrogen-bond acceptors (Lipinski definition) is 2. The van der Waals surface area contributed by atoms with Crippen LogP contribution in [0.2, 0.25) is 0 Å². The van der Waals surface area contributed by atoms with E-state index in [0.29, 0.717) is 12.1 Å². The zero-order chi connectivity index (χ0) is 13.7. The van der Waals surface area contributed by atoms with Crippen molar-refractivity contribution in [3.8, 4) is 6.07 Å². The number of amides is 1. The van der Waals surface area contributed by atoms with Gasteiger partial charge in [-0.3, -0.25) is 4.79 Å². The third-order valence-corrected chi connectivity index (χ3v) is 3.35. The number of aryl methyl sites for hydroxylation is 1. The maximum atomic E-state index is 12.3. The molecular weight excluding hydrogens is 294 g/mol. The number of nitrogens with zero attached hydrogens (tertiary/aromatic N) is 3. The normalized spacial score (nSPS) is 11.9. The highest BCUT2D eigenvalue weighted by Crippen LogP contribution is 2.18. The Morgan fingerprint density at radius 3 is 2.89 bits per heavy atom. The minimum atomic E-state index is -0.0775. The van der Waals surface area contributed by atoms with Gasteiger partial charge in [0.15, 0.2) is 0 Å². The average molecular weight is 312 g/mol. The van der Waals surface area contributed by atoms with Crippen molar-refractivity contribution in [3.05, 3.63) is 22.4 Å². The minimum absolute atomic E-state index is 0.0445. The molecule has 0 fully saturated rings. The predicted molar refractivity (Wildman–Crippen MR) is 74.2 cm³/mol. The summed E-state index contributed by atoms with van der Waals surface area (Å²) in [6.07, 6.45) is 3.23. The van der Waals surface area contributed by atoms with E-state index < -0.39 is 0 Å². The van der Waals surface area contributed by atoms with Gasteiger partial charge in [-0.2, -0.15) is 5.26 Å². The Morgan fingerprint density at radius 1 is 1.67 bits per heavy atom. The van der Waals surface area contributed by atoms with E-state index in [0.717, 1.165) is 17.4 Å². The first-order valence-corrected chi connectivity index (χ1v) is 6.80. The molecule has 1 rings (SSSR count). The second-order valence-corrected chi connectivity index (χ2v) is 5.28. The van der Waals surface area contributed by atoms with Crippen molar-refractivity contribution >= 4 is 21.8 Å². The molecule has 18 heavy (non-hydrogen) atoms. The van der Waals surface area contributed by atoms with E-state index in [1.807, 2.05) is 23.8 Å². The average Bonchev–Trinajstić information content (AvgIpc) is 2.69. The number of rotatable bonds is 5. The summed E-state index contributed by atoms with van der Waals surface area (Å²) in [7, 11) is 1.74. The Labute approximate surface area is 116 Å². The van der Waals surface area contributed by atoms with E-state index in [9.17, 15) is 4.79 Å². The molecule has 98 valence electrons. The highest BCUT2D eigenvalue weighted by molar-refractivity contribution is 9.10. The maximum Gasteiger partial charge on any atom is 0.270 e. The van der Waals surface area contributed by atoms with Gasteiger partial charge in [-0.1, -0.05) is 6.92 Å². The lowest BCUT2D eigenvalue weighted by Gasteiger charge is -2.23. The Bertz CT molecular complexity index is 461. The fraction of sp³-hybridized carbons (Fsp3) is 0.538. The zero-order valence-electron chi connectivity index (χ0n) is 11.0. The van der Waals surface area contributed by atoms with Gasteiger partial charge >= 0.3 is 0 Å². The molecule has 1 aromatic rings. The van der Waals surface area contributed by atoms with Gasteiger partial charge in [-0.05, 0) is 35.3 Å². The third kappa shape index (κ3) is 3.36. The summed E-state index contributed by atoms with van der Waals surface area (Å²) in [5, 5.41) is 8.68. The van der Waals surface area contributed by atoms with Crippen LogP contribution in [0.1, 0.15) is 37.2 Å². The number of halogens is 1. The monoisotopic (exact) mass is 311 g/mol. The van der Waals surface area contributed by atoms with E-state index in [2.05, 4.69) is 28.9 Å². The molecule has 0 radical (unpaired) electrons. The highest BCUT2D eigenvalue weighted by atomic mass is 79.9. The number of hydrogen-bond donors (Lipinski definition) is 0. The smallest absolute Gasteiger partial charge is 0.270 e. The number of carbonyl (C=O) groups is 1. The maximum absolute atomic E-state index is 12.3. The molecule has 0 aromatic carbocycles. The van der Waals surface area contributed by atoms with Crippen LogP contribution in [0, 0.1) is 11.3 Å². The predicted octanol–water partition coefficient (Wildman–Crippen LogP) is 3.03. The lowest BCUT2D eigenvalue weighted by molar-refractivity contribution is 0.0735. The molecule has 4 nitrogen and oxygen atoms in total. The quantitative estimate of drug-likeness (QED) is 0.839. The van der Waals surface area contributed by atoms with Gasteiger partial charge < -0.3 is 9.47 Å². The zero-order valence-corrected chi connectivity index (χ0v) is 12.6. The van der Waals surface area contributed by atoms with Crippen molar-refractivity contribution in [2.24, 2.45) is 0 Å². The van der Waals surface area contributed by atoms with E-state index >= 15 is 0 Å². The first kappa shape index (κ1) is 14.8. The van der Waals surface area contributed by atoms with Crippen molar-refractivity contribution < 1.29 is 4.79 Å². The second kappa shape index (κ2) is 6.60. The number of nitriles is 1. The molecule has 1 amide bonds. The van der Waals surface area contributed by atoms with Crippen molar-refractivity contribution in [2.75, 3.05) is 7.05 Å². The molecule has 0 aliphatic rings. The van der Waals surface area contributed by atoms with Crippen LogP contribution in [0.15, 0.2) is 16.7 Å². The molecule has 0 saturated carbocycles. The molecular formula is C13H18BrN3O. The highest BCUT2D eigenvalue weighted by Gasteiger charge is 2.20. The van der Waals surface area contributed by atoms with Gasteiger partial charge in [0, 0.05) is 30.3 Å². The van der Waals surface area contributed by atoms with Gasteiger partial charge in [0.05, 0.1) is 12.5 Å². The van der Waals surface area contributed by atoms with Gasteiger partial charge in [0.2, 0.25) is 0 Å². The molecule has 1 aromatic heterocycles. The van der Waals surface area contributed by atoms with Crippen LogP contribution >= 0.6 is 15.9 Å². The van der Waals surface area contributed by atoms with Gasteiger partial charge in [0.1, 0.15) is 5.69 Å². The Kier molecular flexibility index (Phi) is 5.42. The van der Waals surface area contributed by atoms with Crippen LogP contribution in [-0.4, -0.2) is 28.5 Å². The summed E-state index contributed by atoms with van der Waals surface area (Å²) in [5.41, 5.74) is 0.663. The molecule has 0 spiro atoms. The van der Waals surface area contributed by atoms with Crippen LogP contribution in [-0.2, 0) is 6.54 Å². The van der Waals surface area contributed by atoms with Crippen LogP contribution in [0.3, 0.4) is 0 Å². The second-order valence-electron chi connectivity index (χ2n) is 4.36. The summed E-state index contributed by atoms with van der Waals surface area (Å²) < 4.78 is 2.85. The lowest BCUT2D eigenvalue weighted by Crippen LogP contribution is -2.36. The van der Waals surface area contributed by atoms with Gasteiger partial charge in [-0.15, -0.1) is 0 Å². The number of carbonyl (C=O) groups excluding carboxylic acids is 1. The standard InChI is InChI=1S/C13H18BrN3O/c1-4-7-17-9-11(14)8-12(17)13(18)16(3)10(2)5-6-15/h8-10H,4-5,7H2,1-3H3. The Morgan fingerprint density at radius 2 is 2.33 bits per heavy atom. The first-order chi connectivity index (χ1) is 8.51. The Balaban J connectivity index is 2.92. The van der Waals surface area contributed by atoms with Crippen LogP contribution in [0.4, 0.5) is 0 Å². The van der Waals surface area contributed by atoms with Crippen molar-refractivity contribution in [1.82, 2.24) is 9.47 Å². The molecule has 1 atom stereocenters. The van der Waals surface area contributed by atoms with E-state index in [1.54, 1.807) is 11.9 Å². The van der Waals surface area contributed by atoms with Crippen LogP contribution in [0.25, 0.3) is 0 Å². The molecule has 5 heteroatoms. The Hall–Kier alpha value is -1.28. The van der Waals surface area contributed by atoms with E-state index in [1.165, 1.54) is 0 Å². The summed E-state index contributed by atoms with van der Waals surface area (Å²) in [6, 6.07) is 3.84. The first-order valence-electron chi connectivity index (χ1n) is 6.01. The van der Waals surface area contributed by atoms with Crippen molar-refractivity contribution in [3.63, 3.8) is 0 Å². The molecule has 0 aliphatic heterocycles. The van der Waals surface area contributed by atoms with E-state index in [4.69, 9.17) is 5.26 Å². The number of aromatic nitrogens is 1. The van der Waals surface area contributed by atoms with Crippen molar-refractivity contribution in [1.29, 1.82) is 5.26 Å². The fourth-order valence-electron chi connectivity index (χ4n) is 1.73. The molecule has 0 aliphatic carbocycles. The minimum Gasteiger partial charge on any atom is -0.342 e. The van der Waals surface area contributed by atoms with Gasteiger partial charge in [-0.25, -0.2) is 0 Å². The van der Waals surface area contributed by atoms with Crippen molar-refractivity contribution in [2.45, 2.75) is 39.3 Å². The molecule has 0 saturated heterocycles. The van der Waals surface area contributed by atoms with Crippen LogP contribution < -0.4 is 0 Å². The largest absolute Gasteiger partial charge is 0.342 e. The molecule has 1 unspecified atom stereocenters. The van der Waals surface area contributed by atoms with E-state index in [-0.39, 0.29) is 11.9 Å². The molecule has 0 N–H and O–H groups in total.